The van der Waals surface area contributed by atoms with Crippen LogP contribution in [0.3, 0.4) is 0 Å². The number of nitrogens with one attached hydrogen (secondary N) is 1. The number of hydrogen-bond acceptors (Lipinski definition) is 3. The van der Waals surface area contributed by atoms with Crippen molar-refractivity contribution in [1.29, 1.82) is 0 Å². The molecule has 0 aromatic carbocycles. The summed E-state index contributed by atoms with van der Waals surface area (Å²) in [6.07, 6.45) is 8.30. The van der Waals surface area contributed by atoms with Gasteiger partial charge in [-0.05, 0) is 90.3 Å². The molecule has 2 aliphatic heterocycles. The Labute approximate surface area is 119 Å². The predicted molar refractivity (Wildman–Crippen MR) is 82.6 cm³/mol. The van der Waals surface area contributed by atoms with Gasteiger partial charge in [0.25, 0.3) is 0 Å². The minimum atomic E-state index is 0.979. The fraction of sp³-hybridized carbons (Fsp3) is 1.00. The van der Waals surface area contributed by atoms with Crippen LogP contribution in [-0.4, -0.2) is 62.2 Å². The summed E-state index contributed by atoms with van der Waals surface area (Å²) in [6.45, 7) is 12.7. The molecule has 2 saturated heterocycles. The van der Waals surface area contributed by atoms with Gasteiger partial charge < -0.3 is 15.1 Å². The maximum atomic E-state index is 3.50. The average molecular weight is 267 g/mol. The van der Waals surface area contributed by atoms with Crippen LogP contribution in [0.25, 0.3) is 0 Å². The second-order valence-corrected chi connectivity index (χ2v) is 6.40. The Hall–Kier alpha value is -0.120. The van der Waals surface area contributed by atoms with E-state index in [1.807, 2.05) is 0 Å². The molecule has 0 aliphatic carbocycles. The molecular weight excluding hydrogens is 234 g/mol. The minimum absolute atomic E-state index is 0.979. The van der Waals surface area contributed by atoms with Crippen molar-refractivity contribution in [2.45, 2.75) is 45.4 Å². The van der Waals surface area contributed by atoms with Crippen molar-refractivity contribution in [3.05, 3.63) is 0 Å². The van der Waals surface area contributed by atoms with Crippen molar-refractivity contribution >= 4 is 0 Å². The average Bonchev–Trinajstić information content (AvgIpc) is 2.93. The molecule has 3 heteroatoms. The summed E-state index contributed by atoms with van der Waals surface area (Å²) < 4.78 is 0. The van der Waals surface area contributed by atoms with Crippen LogP contribution < -0.4 is 5.32 Å². The molecule has 0 radical (unpaired) electrons. The summed E-state index contributed by atoms with van der Waals surface area (Å²) in [7, 11) is 0. The quantitative estimate of drug-likeness (QED) is 0.680. The van der Waals surface area contributed by atoms with Crippen molar-refractivity contribution < 1.29 is 0 Å². The van der Waals surface area contributed by atoms with Gasteiger partial charge in [-0.1, -0.05) is 6.92 Å². The third-order valence-corrected chi connectivity index (χ3v) is 4.68. The van der Waals surface area contributed by atoms with E-state index >= 15 is 0 Å². The van der Waals surface area contributed by atoms with Crippen LogP contribution in [0, 0.1) is 5.92 Å². The van der Waals surface area contributed by atoms with E-state index in [1.54, 1.807) is 0 Å². The van der Waals surface area contributed by atoms with Crippen LogP contribution in [0.2, 0.25) is 0 Å². The van der Waals surface area contributed by atoms with Crippen molar-refractivity contribution in [3.8, 4) is 0 Å². The molecule has 0 saturated carbocycles. The van der Waals surface area contributed by atoms with E-state index in [9.17, 15) is 0 Å². The number of nitrogens with zero attached hydrogens (tertiary/aromatic N) is 2. The third-order valence-electron chi connectivity index (χ3n) is 4.68. The van der Waals surface area contributed by atoms with Gasteiger partial charge in [0.05, 0.1) is 0 Å². The van der Waals surface area contributed by atoms with Crippen molar-refractivity contribution in [3.63, 3.8) is 0 Å². The molecule has 0 aromatic heterocycles. The Balaban J connectivity index is 1.50. The van der Waals surface area contributed by atoms with E-state index in [2.05, 4.69) is 22.0 Å². The van der Waals surface area contributed by atoms with Crippen molar-refractivity contribution in [2.24, 2.45) is 5.92 Å². The van der Waals surface area contributed by atoms with Gasteiger partial charge in [0.15, 0.2) is 0 Å². The number of likely N-dealkylation sites (tertiary alicyclic amines) is 2. The zero-order chi connectivity index (χ0) is 13.3. The second-order valence-electron chi connectivity index (χ2n) is 6.40. The maximum absolute atomic E-state index is 3.50. The van der Waals surface area contributed by atoms with Crippen molar-refractivity contribution in [1.82, 2.24) is 15.1 Å². The molecule has 19 heavy (non-hydrogen) atoms. The molecule has 0 spiro atoms. The van der Waals surface area contributed by atoms with E-state index in [4.69, 9.17) is 0 Å². The van der Waals surface area contributed by atoms with Crippen LogP contribution in [0.1, 0.15) is 45.4 Å². The molecule has 0 aromatic rings. The fourth-order valence-corrected chi connectivity index (χ4v) is 3.45. The van der Waals surface area contributed by atoms with Crippen LogP contribution in [0.15, 0.2) is 0 Å². The molecule has 0 amide bonds. The molecule has 0 atom stereocenters. The number of hydrogen-bond donors (Lipinski definition) is 1. The Morgan fingerprint density at radius 3 is 2.37 bits per heavy atom. The van der Waals surface area contributed by atoms with Gasteiger partial charge in [-0.25, -0.2) is 0 Å². The molecule has 2 fully saturated rings. The first-order valence-electron chi connectivity index (χ1n) is 8.54. The largest absolute Gasteiger partial charge is 0.317 e. The third kappa shape index (κ3) is 5.80. The lowest BCUT2D eigenvalue weighted by molar-refractivity contribution is 0.153. The van der Waals surface area contributed by atoms with Gasteiger partial charge >= 0.3 is 0 Å². The highest BCUT2D eigenvalue weighted by molar-refractivity contribution is 4.77. The van der Waals surface area contributed by atoms with Crippen molar-refractivity contribution in [2.75, 3.05) is 52.4 Å². The highest BCUT2D eigenvalue weighted by atomic mass is 15.2. The molecule has 2 heterocycles. The van der Waals surface area contributed by atoms with E-state index in [-0.39, 0.29) is 0 Å². The van der Waals surface area contributed by atoms with Gasteiger partial charge in [-0.3, -0.25) is 0 Å². The minimum Gasteiger partial charge on any atom is -0.317 e. The highest BCUT2D eigenvalue weighted by Crippen LogP contribution is 2.20. The molecule has 3 nitrogen and oxygen atoms in total. The summed E-state index contributed by atoms with van der Waals surface area (Å²) in [5.41, 5.74) is 0. The molecule has 112 valence electrons. The summed E-state index contributed by atoms with van der Waals surface area (Å²) in [5.74, 6) is 0.979. The monoisotopic (exact) mass is 267 g/mol. The highest BCUT2D eigenvalue weighted by Gasteiger charge is 2.22. The van der Waals surface area contributed by atoms with Crippen LogP contribution in [-0.2, 0) is 0 Å². The zero-order valence-corrected chi connectivity index (χ0v) is 12.9. The van der Waals surface area contributed by atoms with Gasteiger partial charge in [0.1, 0.15) is 0 Å². The smallest absolute Gasteiger partial charge is 0.00106 e. The number of piperidine rings is 1. The Kier molecular flexibility index (Phi) is 7.18. The Bertz CT molecular complexity index is 218. The first-order valence-corrected chi connectivity index (χ1v) is 8.54. The fourth-order valence-electron chi connectivity index (χ4n) is 3.45. The van der Waals surface area contributed by atoms with E-state index in [0.717, 1.165) is 5.92 Å². The van der Waals surface area contributed by atoms with Gasteiger partial charge in [0.2, 0.25) is 0 Å². The molecule has 2 rings (SSSR count). The maximum Gasteiger partial charge on any atom is 0.00106 e. The van der Waals surface area contributed by atoms with E-state index in [1.165, 1.54) is 90.9 Å². The SMILES string of the molecule is CCCNCCCN1CCC(CN2CCCC2)CC1. The topological polar surface area (TPSA) is 18.5 Å². The molecular formula is C16H33N3. The lowest BCUT2D eigenvalue weighted by Crippen LogP contribution is -2.39. The summed E-state index contributed by atoms with van der Waals surface area (Å²) in [5, 5.41) is 3.50. The molecule has 0 bridgehead atoms. The first kappa shape index (κ1) is 15.3. The standard InChI is InChI=1S/C16H33N3/c1-2-8-17-9-5-12-18-13-6-16(7-14-18)15-19-10-3-4-11-19/h16-17H,2-15H2,1H3. The van der Waals surface area contributed by atoms with E-state index < -0.39 is 0 Å². The van der Waals surface area contributed by atoms with Crippen LogP contribution in [0.5, 0.6) is 0 Å². The summed E-state index contributed by atoms with van der Waals surface area (Å²) >= 11 is 0. The molecule has 1 N–H and O–H groups in total. The normalized spacial score (nSPS) is 23.2. The summed E-state index contributed by atoms with van der Waals surface area (Å²) in [4.78, 5) is 5.36. The van der Waals surface area contributed by atoms with Gasteiger partial charge in [-0.2, -0.15) is 0 Å². The lowest BCUT2D eigenvalue weighted by Gasteiger charge is -2.33. The van der Waals surface area contributed by atoms with E-state index in [0.29, 0.717) is 0 Å². The van der Waals surface area contributed by atoms with Crippen LogP contribution in [0.4, 0.5) is 0 Å². The van der Waals surface area contributed by atoms with Gasteiger partial charge in [0, 0.05) is 6.54 Å². The zero-order valence-electron chi connectivity index (χ0n) is 12.9. The van der Waals surface area contributed by atoms with Gasteiger partial charge in [-0.15, -0.1) is 0 Å². The predicted octanol–water partition coefficient (Wildman–Crippen LogP) is 2.18. The molecule has 2 aliphatic rings. The second kappa shape index (κ2) is 8.93. The summed E-state index contributed by atoms with van der Waals surface area (Å²) in [6, 6.07) is 0. The Morgan fingerprint density at radius 1 is 0.947 bits per heavy atom. The Morgan fingerprint density at radius 2 is 1.68 bits per heavy atom. The lowest BCUT2D eigenvalue weighted by atomic mass is 9.96. The number of rotatable bonds is 8. The van der Waals surface area contributed by atoms with Crippen LogP contribution >= 0.6 is 0 Å². The first-order chi connectivity index (χ1) is 9.38. The molecule has 0 unspecified atom stereocenters.